The largest absolute Gasteiger partial charge is 0.474 e. The summed E-state index contributed by atoms with van der Waals surface area (Å²) in [5.74, 6) is 1.04. The number of ether oxygens (including phenoxy) is 1. The molecular weight excluding hydrogens is 392 g/mol. The Labute approximate surface area is 171 Å². The van der Waals surface area contributed by atoms with Gasteiger partial charge in [0, 0.05) is 37.5 Å². The van der Waals surface area contributed by atoms with Crippen molar-refractivity contribution in [1.82, 2.24) is 14.3 Å². The van der Waals surface area contributed by atoms with Crippen LogP contribution in [0.3, 0.4) is 0 Å². The molecule has 2 aromatic rings. The van der Waals surface area contributed by atoms with Gasteiger partial charge in [0.25, 0.3) is 0 Å². The second kappa shape index (κ2) is 8.87. The van der Waals surface area contributed by atoms with Crippen LogP contribution in [0.15, 0.2) is 35.4 Å². The number of hydrogen-bond acceptors (Lipinski definition) is 6. The molecule has 156 valence electrons. The highest BCUT2D eigenvalue weighted by molar-refractivity contribution is 7.89. The third kappa shape index (κ3) is 5.10. The molecule has 0 spiro atoms. The van der Waals surface area contributed by atoms with E-state index in [0.29, 0.717) is 55.3 Å². The highest BCUT2D eigenvalue weighted by atomic mass is 32.2. The average Bonchev–Trinajstić information content (AvgIpc) is 2.68. The third-order valence-electron chi connectivity index (χ3n) is 4.84. The van der Waals surface area contributed by atoms with Gasteiger partial charge in [0.1, 0.15) is 11.9 Å². The van der Waals surface area contributed by atoms with Crippen molar-refractivity contribution in [3.63, 3.8) is 0 Å². The standard InChI is InChI=1S/C20H26N4O4S/c1-4-19(25)23-16-5-6-18(14(2)13-16)29(26,27)24-11-8-17(9-12-24)28-20-7-10-21-15(3)22-20/h5-7,10,13,17H,4,8-9,11-12H2,1-3H3,(H,23,25). The van der Waals surface area contributed by atoms with Crippen LogP contribution in [0.2, 0.25) is 0 Å². The van der Waals surface area contributed by atoms with Gasteiger partial charge in [-0.05, 0) is 50.5 Å². The summed E-state index contributed by atoms with van der Waals surface area (Å²) in [4.78, 5) is 20.1. The second-order valence-corrected chi connectivity index (χ2v) is 8.95. The summed E-state index contributed by atoms with van der Waals surface area (Å²) >= 11 is 0. The van der Waals surface area contributed by atoms with Gasteiger partial charge in [-0.25, -0.2) is 13.4 Å². The quantitative estimate of drug-likeness (QED) is 0.774. The first-order chi connectivity index (χ1) is 13.8. The molecule has 1 aliphatic heterocycles. The molecule has 1 fully saturated rings. The smallest absolute Gasteiger partial charge is 0.243 e. The van der Waals surface area contributed by atoms with Crippen LogP contribution in [0.5, 0.6) is 5.88 Å². The molecule has 0 unspecified atom stereocenters. The van der Waals surface area contributed by atoms with Gasteiger partial charge in [0.15, 0.2) is 0 Å². The maximum Gasteiger partial charge on any atom is 0.243 e. The van der Waals surface area contributed by atoms with Crippen LogP contribution in [0.1, 0.15) is 37.6 Å². The zero-order valence-electron chi connectivity index (χ0n) is 16.9. The molecule has 0 saturated carbocycles. The van der Waals surface area contributed by atoms with Crippen LogP contribution in [0.4, 0.5) is 5.69 Å². The lowest BCUT2D eigenvalue weighted by atomic mass is 10.1. The van der Waals surface area contributed by atoms with Gasteiger partial charge >= 0.3 is 0 Å². The predicted molar refractivity (Wildman–Crippen MR) is 109 cm³/mol. The van der Waals surface area contributed by atoms with Crippen molar-refractivity contribution >= 4 is 21.6 Å². The molecule has 1 aromatic carbocycles. The molecule has 29 heavy (non-hydrogen) atoms. The molecule has 9 heteroatoms. The number of benzene rings is 1. The lowest BCUT2D eigenvalue weighted by Gasteiger charge is -2.31. The van der Waals surface area contributed by atoms with Crippen LogP contribution in [0.25, 0.3) is 0 Å². The minimum atomic E-state index is -3.61. The first kappa shape index (κ1) is 21.2. The Hall–Kier alpha value is -2.52. The van der Waals surface area contributed by atoms with Crippen molar-refractivity contribution in [2.24, 2.45) is 0 Å². The molecule has 0 bridgehead atoms. The van der Waals surface area contributed by atoms with Crippen LogP contribution in [-0.4, -0.2) is 47.8 Å². The SMILES string of the molecule is CCC(=O)Nc1ccc(S(=O)(=O)N2CCC(Oc3ccnc(C)n3)CC2)c(C)c1. The topological polar surface area (TPSA) is 101 Å². The fourth-order valence-electron chi connectivity index (χ4n) is 3.27. The van der Waals surface area contributed by atoms with E-state index in [1.165, 1.54) is 4.31 Å². The maximum absolute atomic E-state index is 13.1. The fourth-order valence-corrected chi connectivity index (χ4v) is 4.94. The van der Waals surface area contributed by atoms with Crippen molar-refractivity contribution in [1.29, 1.82) is 0 Å². The summed E-state index contributed by atoms with van der Waals surface area (Å²) in [7, 11) is -3.61. The van der Waals surface area contributed by atoms with E-state index in [2.05, 4.69) is 15.3 Å². The van der Waals surface area contributed by atoms with Crippen LogP contribution in [0, 0.1) is 13.8 Å². The highest BCUT2D eigenvalue weighted by Gasteiger charge is 2.31. The molecule has 0 aliphatic carbocycles. The van der Waals surface area contributed by atoms with E-state index in [9.17, 15) is 13.2 Å². The second-order valence-electron chi connectivity index (χ2n) is 7.05. The van der Waals surface area contributed by atoms with Gasteiger partial charge in [-0.1, -0.05) is 6.92 Å². The summed E-state index contributed by atoms with van der Waals surface area (Å²) in [6, 6.07) is 6.58. The lowest BCUT2D eigenvalue weighted by molar-refractivity contribution is -0.115. The van der Waals surface area contributed by atoms with E-state index in [-0.39, 0.29) is 16.9 Å². The predicted octanol–water partition coefficient (Wildman–Crippen LogP) is 2.67. The van der Waals surface area contributed by atoms with Gasteiger partial charge in [-0.15, -0.1) is 0 Å². The van der Waals surface area contributed by atoms with E-state index in [4.69, 9.17) is 4.74 Å². The third-order valence-corrected chi connectivity index (χ3v) is 6.90. The normalized spacial score (nSPS) is 15.8. The molecule has 1 aliphatic rings. The number of aryl methyl sites for hydroxylation is 2. The van der Waals surface area contributed by atoms with Gasteiger partial charge in [0.05, 0.1) is 4.90 Å². The summed E-state index contributed by atoms with van der Waals surface area (Å²) < 4.78 is 33.5. The van der Waals surface area contributed by atoms with Gasteiger partial charge in [0.2, 0.25) is 21.8 Å². The molecule has 1 amide bonds. The molecule has 0 atom stereocenters. The van der Waals surface area contributed by atoms with E-state index >= 15 is 0 Å². The molecule has 3 rings (SSSR count). The minimum Gasteiger partial charge on any atom is -0.474 e. The Bertz CT molecular complexity index is 986. The number of aromatic nitrogens is 2. The van der Waals surface area contributed by atoms with Gasteiger partial charge < -0.3 is 10.1 Å². The van der Waals surface area contributed by atoms with Crippen LogP contribution in [-0.2, 0) is 14.8 Å². The zero-order chi connectivity index (χ0) is 21.0. The summed E-state index contributed by atoms with van der Waals surface area (Å²) in [5, 5.41) is 2.75. The van der Waals surface area contributed by atoms with Crippen molar-refractivity contribution < 1.29 is 17.9 Å². The number of anilines is 1. The van der Waals surface area contributed by atoms with E-state index < -0.39 is 10.0 Å². The first-order valence-electron chi connectivity index (χ1n) is 9.66. The Balaban J connectivity index is 1.66. The number of sulfonamides is 1. The molecule has 1 N–H and O–H groups in total. The number of carbonyl (C=O) groups is 1. The van der Waals surface area contributed by atoms with Crippen molar-refractivity contribution in [2.75, 3.05) is 18.4 Å². The summed E-state index contributed by atoms with van der Waals surface area (Å²) in [5.41, 5.74) is 1.20. The summed E-state index contributed by atoms with van der Waals surface area (Å²) in [6.45, 7) is 6.06. The maximum atomic E-state index is 13.1. The molecule has 1 aromatic heterocycles. The van der Waals surface area contributed by atoms with E-state index in [0.717, 1.165) is 0 Å². The van der Waals surface area contributed by atoms with Crippen LogP contribution >= 0.6 is 0 Å². The number of piperidine rings is 1. The van der Waals surface area contributed by atoms with Gasteiger partial charge in [-0.2, -0.15) is 9.29 Å². The number of nitrogens with one attached hydrogen (secondary N) is 1. The number of nitrogens with zero attached hydrogens (tertiary/aromatic N) is 3. The Morgan fingerprint density at radius 3 is 2.59 bits per heavy atom. The van der Waals surface area contributed by atoms with Crippen molar-refractivity contribution in [3.8, 4) is 5.88 Å². The average molecular weight is 419 g/mol. The molecule has 1 saturated heterocycles. The monoisotopic (exact) mass is 418 g/mol. The molecule has 8 nitrogen and oxygen atoms in total. The Morgan fingerprint density at radius 2 is 1.97 bits per heavy atom. The Morgan fingerprint density at radius 1 is 1.24 bits per heavy atom. The lowest BCUT2D eigenvalue weighted by Crippen LogP contribution is -2.42. The summed E-state index contributed by atoms with van der Waals surface area (Å²) in [6.07, 6.45) is 3.11. The van der Waals surface area contributed by atoms with Crippen molar-refractivity contribution in [3.05, 3.63) is 41.9 Å². The first-order valence-corrected chi connectivity index (χ1v) is 11.1. The number of rotatable bonds is 6. The van der Waals surface area contributed by atoms with Gasteiger partial charge in [-0.3, -0.25) is 4.79 Å². The Kier molecular flexibility index (Phi) is 6.49. The number of hydrogen-bond donors (Lipinski definition) is 1. The molecule has 0 radical (unpaired) electrons. The van der Waals surface area contributed by atoms with E-state index in [1.54, 1.807) is 51.2 Å². The van der Waals surface area contributed by atoms with E-state index in [1.807, 2.05) is 0 Å². The molecule has 2 heterocycles. The molecular formula is C20H26N4O4S. The minimum absolute atomic E-state index is 0.0801. The number of carbonyl (C=O) groups excluding carboxylic acids is 1. The van der Waals surface area contributed by atoms with Crippen molar-refractivity contribution in [2.45, 2.75) is 51.0 Å². The van der Waals surface area contributed by atoms with Crippen LogP contribution < -0.4 is 10.1 Å². The highest BCUT2D eigenvalue weighted by Crippen LogP contribution is 2.26. The number of amides is 1. The zero-order valence-corrected chi connectivity index (χ0v) is 17.7. The fraction of sp³-hybridized carbons (Fsp3) is 0.450.